The van der Waals surface area contributed by atoms with Gasteiger partial charge in [0.15, 0.2) is 0 Å². The van der Waals surface area contributed by atoms with E-state index in [1.54, 1.807) is 0 Å². The minimum Gasteiger partial charge on any atom is -0.392 e. The fourth-order valence-electron chi connectivity index (χ4n) is 3.43. The molecule has 1 aliphatic carbocycles. The minimum absolute atomic E-state index is 0.155. The molecule has 0 radical (unpaired) electrons. The van der Waals surface area contributed by atoms with Gasteiger partial charge in [0.05, 0.1) is 29.7 Å². The first-order valence-electron chi connectivity index (χ1n) is 7.80. The zero-order valence-corrected chi connectivity index (χ0v) is 13.2. The molecule has 2 N–H and O–H groups in total. The van der Waals surface area contributed by atoms with Gasteiger partial charge < -0.3 is 15.4 Å². The van der Waals surface area contributed by atoms with Crippen LogP contribution in [0.1, 0.15) is 51.9 Å². The quantitative estimate of drug-likeness (QED) is 0.641. The average molecular weight is 298 g/mol. The molecule has 2 aliphatic rings. The average Bonchev–Trinajstić information content (AvgIpc) is 2.73. The molecule has 1 amide bonds. The van der Waals surface area contributed by atoms with Gasteiger partial charge in [-0.3, -0.25) is 4.79 Å². The number of carbonyl (C=O) groups excluding carboxylic acids is 1. The van der Waals surface area contributed by atoms with E-state index < -0.39 is 5.41 Å². The number of morpholine rings is 1. The summed E-state index contributed by atoms with van der Waals surface area (Å²) in [4.78, 5) is 15.5. The summed E-state index contributed by atoms with van der Waals surface area (Å²) < 4.78 is 5.50. The van der Waals surface area contributed by atoms with Crippen molar-refractivity contribution in [3.05, 3.63) is 0 Å². The molecule has 0 aromatic carbocycles. The molecule has 5 heteroatoms. The normalized spacial score (nSPS) is 26.9. The highest BCUT2D eigenvalue weighted by atomic mass is 32.1. The smallest absolute Gasteiger partial charge is 0.236 e. The number of rotatable bonds is 3. The van der Waals surface area contributed by atoms with Crippen molar-refractivity contribution in [1.82, 2.24) is 4.90 Å². The number of thiocarbonyl (C=S) groups is 1. The molecule has 114 valence electrons. The Hall–Kier alpha value is -0.680. The Balaban J connectivity index is 2.23. The van der Waals surface area contributed by atoms with E-state index in [9.17, 15) is 4.79 Å². The van der Waals surface area contributed by atoms with Gasteiger partial charge in [-0.25, -0.2) is 0 Å². The van der Waals surface area contributed by atoms with Crippen LogP contribution in [-0.4, -0.2) is 41.6 Å². The predicted molar refractivity (Wildman–Crippen MR) is 83.5 cm³/mol. The third-order valence-corrected chi connectivity index (χ3v) is 5.19. The molecule has 1 aliphatic heterocycles. The Morgan fingerprint density at radius 2 is 2.00 bits per heavy atom. The molecule has 1 atom stereocenters. The zero-order chi connectivity index (χ0) is 14.6. The Morgan fingerprint density at radius 3 is 2.55 bits per heavy atom. The lowest BCUT2D eigenvalue weighted by atomic mass is 9.78. The van der Waals surface area contributed by atoms with E-state index in [-0.39, 0.29) is 11.9 Å². The lowest BCUT2D eigenvalue weighted by Crippen LogP contribution is -2.57. The zero-order valence-electron chi connectivity index (χ0n) is 12.4. The summed E-state index contributed by atoms with van der Waals surface area (Å²) in [6.07, 6.45) is 6.99. The molecule has 1 unspecified atom stereocenters. The van der Waals surface area contributed by atoms with Gasteiger partial charge in [-0.15, -0.1) is 0 Å². The van der Waals surface area contributed by atoms with Crippen LogP contribution in [0.15, 0.2) is 0 Å². The van der Waals surface area contributed by atoms with E-state index in [4.69, 9.17) is 22.7 Å². The van der Waals surface area contributed by atoms with E-state index >= 15 is 0 Å². The Labute approximate surface area is 127 Å². The maximum absolute atomic E-state index is 13.1. The highest BCUT2D eigenvalue weighted by Crippen LogP contribution is 2.38. The molecule has 2 rings (SSSR count). The lowest BCUT2D eigenvalue weighted by Gasteiger charge is -2.42. The summed E-state index contributed by atoms with van der Waals surface area (Å²) >= 11 is 5.31. The van der Waals surface area contributed by atoms with Crippen LogP contribution in [-0.2, 0) is 9.53 Å². The van der Waals surface area contributed by atoms with Crippen LogP contribution < -0.4 is 5.73 Å². The van der Waals surface area contributed by atoms with Gasteiger partial charge in [0.1, 0.15) is 0 Å². The van der Waals surface area contributed by atoms with Gasteiger partial charge >= 0.3 is 0 Å². The van der Waals surface area contributed by atoms with Crippen LogP contribution in [0, 0.1) is 5.41 Å². The van der Waals surface area contributed by atoms with Crippen LogP contribution in [0.3, 0.4) is 0 Å². The van der Waals surface area contributed by atoms with Crippen molar-refractivity contribution < 1.29 is 9.53 Å². The second-order valence-corrected chi connectivity index (χ2v) is 6.44. The summed E-state index contributed by atoms with van der Waals surface area (Å²) in [5.41, 5.74) is 5.42. The second kappa shape index (κ2) is 6.85. The van der Waals surface area contributed by atoms with Crippen molar-refractivity contribution in [1.29, 1.82) is 0 Å². The first-order chi connectivity index (χ1) is 9.62. The lowest BCUT2D eigenvalue weighted by molar-refractivity contribution is -0.148. The number of hydrogen-bond donors (Lipinski definition) is 1. The minimum atomic E-state index is -0.601. The largest absolute Gasteiger partial charge is 0.392 e. The van der Waals surface area contributed by atoms with Gasteiger partial charge in [-0.1, -0.05) is 44.8 Å². The van der Waals surface area contributed by atoms with Gasteiger partial charge in [-0.05, 0) is 19.3 Å². The molecule has 0 aromatic rings. The van der Waals surface area contributed by atoms with Gasteiger partial charge in [0.2, 0.25) is 5.91 Å². The van der Waals surface area contributed by atoms with Gasteiger partial charge in [0.25, 0.3) is 0 Å². The van der Waals surface area contributed by atoms with E-state index in [2.05, 4.69) is 6.92 Å². The number of nitrogens with zero attached hydrogens (tertiary/aromatic N) is 1. The van der Waals surface area contributed by atoms with Gasteiger partial charge in [0, 0.05) is 6.54 Å². The Bertz CT molecular complexity index is 365. The van der Waals surface area contributed by atoms with Crippen LogP contribution in [0.25, 0.3) is 0 Å². The van der Waals surface area contributed by atoms with Crippen molar-refractivity contribution >= 4 is 23.1 Å². The highest BCUT2D eigenvalue weighted by molar-refractivity contribution is 7.80. The third kappa shape index (κ3) is 2.98. The summed E-state index contributed by atoms with van der Waals surface area (Å²) in [5, 5.41) is 0. The first-order valence-corrected chi connectivity index (χ1v) is 8.21. The Morgan fingerprint density at radius 1 is 1.35 bits per heavy atom. The number of amides is 1. The van der Waals surface area contributed by atoms with Crippen molar-refractivity contribution in [3.8, 4) is 0 Å². The standard InChI is InChI=1S/C15H26N2O2S/c1-2-12-11-19-10-9-17(12)14(18)15(13(16)20)7-5-3-4-6-8-15/h12H,2-11H2,1H3,(H2,16,20). The summed E-state index contributed by atoms with van der Waals surface area (Å²) in [7, 11) is 0. The fourth-order valence-corrected chi connectivity index (χ4v) is 3.72. The number of nitrogens with two attached hydrogens (primary N) is 1. The van der Waals surface area contributed by atoms with E-state index in [0.29, 0.717) is 24.7 Å². The maximum Gasteiger partial charge on any atom is 0.236 e. The molecule has 4 nitrogen and oxygen atoms in total. The van der Waals surface area contributed by atoms with Crippen LogP contribution in [0.4, 0.5) is 0 Å². The maximum atomic E-state index is 13.1. The van der Waals surface area contributed by atoms with Crippen LogP contribution >= 0.6 is 12.2 Å². The highest BCUT2D eigenvalue weighted by Gasteiger charge is 2.45. The first kappa shape index (κ1) is 15.7. The van der Waals surface area contributed by atoms with E-state index in [0.717, 1.165) is 32.1 Å². The second-order valence-electron chi connectivity index (χ2n) is 6.00. The van der Waals surface area contributed by atoms with Crippen molar-refractivity contribution in [3.63, 3.8) is 0 Å². The number of hydrogen-bond acceptors (Lipinski definition) is 3. The number of carbonyl (C=O) groups is 1. The number of ether oxygens (including phenoxy) is 1. The van der Waals surface area contributed by atoms with Crippen molar-refractivity contribution in [2.75, 3.05) is 19.8 Å². The fraction of sp³-hybridized carbons (Fsp3) is 0.867. The SMILES string of the molecule is CCC1COCCN1C(=O)C1(C(N)=S)CCCCCC1. The molecule has 0 spiro atoms. The molecule has 1 saturated heterocycles. The monoisotopic (exact) mass is 298 g/mol. The van der Waals surface area contributed by atoms with Crippen LogP contribution in [0.5, 0.6) is 0 Å². The summed E-state index contributed by atoms with van der Waals surface area (Å²) in [6, 6.07) is 0.172. The van der Waals surface area contributed by atoms with Gasteiger partial charge in [-0.2, -0.15) is 0 Å². The topological polar surface area (TPSA) is 55.6 Å². The molecular weight excluding hydrogens is 272 g/mol. The molecule has 20 heavy (non-hydrogen) atoms. The summed E-state index contributed by atoms with van der Waals surface area (Å²) in [5.74, 6) is 0.155. The molecular formula is C15H26N2O2S. The third-order valence-electron chi connectivity index (χ3n) is 4.80. The molecule has 0 aromatic heterocycles. The predicted octanol–water partition coefficient (Wildman–Crippen LogP) is 2.25. The summed E-state index contributed by atoms with van der Waals surface area (Å²) in [6.45, 7) is 4.02. The molecule has 1 saturated carbocycles. The molecule has 1 heterocycles. The van der Waals surface area contributed by atoms with E-state index in [1.807, 2.05) is 4.90 Å². The molecule has 0 bridgehead atoms. The van der Waals surface area contributed by atoms with Crippen molar-refractivity contribution in [2.45, 2.75) is 57.9 Å². The van der Waals surface area contributed by atoms with Crippen LogP contribution in [0.2, 0.25) is 0 Å². The van der Waals surface area contributed by atoms with Crippen molar-refractivity contribution in [2.24, 2.45) is 11.1 Å². The molecule has 2 fully saturated rings. The Kier molecular flexibility index (Phi) is 5.38. The van der Waals surface area contributed by atoms with E-state index in [1.165, 1.54) is 12.8 Å².